The molecule has 7 heteroatoms. The summed E-state index contributed by atoms with van der Waals surface area (Å²) >= 11 is 0. The Bertz CT molecular complexity index is 398. The molecule has 1 rings (SSSR count). The van der Waals surface area contributed by atoms with Gasteiger partial charge in [0.25, 0.3) is 0 Å². The molecule has 1 aromatic rings. The molecule has 1 N–H and O–H groups in total. The third-order valence-electron chi connectivity index (χ3n) is 2.69. The van der Waals surface area contributed by atoms with E-state index in [2.05, 4.69) is 39.0 Å². The van der Waals surface area contributed by atoms with Crippen LogP contribution in [0.4, 0.5) is 11.9 Å². The van der Waals surface area contributed by atoms with Crippen molar-refractivity contribution in [2.75, 3.05) is 43.6 Å². The molecule has 0 aliphatic heterocycles. The van der Waals surface area contributed by atoms with Gasteiger partial charge in [-0.2, -0.15) is 15.0 Å². The lowest BCUT2D eigenvalue weighted by molar-refractivity contribution is 0.0855. The number of nitrogens with zero attached hydrogens (tertiary/aromatic N) is 4. The lowest BCUT2D eigenvalue weighted by atomic mass is 10.4. The molecule has 1 unspecified atom stereocenters. The van der Waals surface area contributed by atoms with Crippen LogP contribution < -0.4 is 15.0 Å². The number of rotatable bonds is 9. The lowest BCUT2D eigenvalue weighted by Crippen LogP contribution is -2.26. The highest BCUT2D eigenvalue weighted by Gasteiger charge is 2.13. The van der Waals surface area contributed by atoms with Crippen LogP contribution in [0.2, 0.25) is 0 Å². The molecule has 0 aliphatic carbocycles. The van der Waals surface area contributed by atoms with E-state index in [1.54, 1.807) is 7.11 Å². The third kappa shape index (κ3) is 4.80. The van der Waals surface area contributed by atoms with Crippen molar-refractivity contribution < 1.29 is 9.47 Å². The first kappa shape index (κ1) is 16.4. The molecule has 1 atom stereocenters. The van der Waals surface area contributed by atoms with Gasteiger partial charge in [-0.25, -0.2) is 0 Å². The number of hydrogen-bond acceptors (Lipinski definition) is 7. The quantitative estimate of drug-likeness (QED) is 0.737. The summed E-state index contributed by atoms with van der Waals surface area (Å²) in [4.78, 5) is 15.1. The molecule has 1 heterocycles. The molecule has 0 saturated carbocycles. The van der Waals surface area contributed by atoms with Crippen LogP contribution in [0.15, 0.2) is 0 Å². The summed E-state index contributed by atoms with van der Waals surface area (Å²) in [6.07, 6.45) is -0.110. The Morgan fingerprint density at radius 2 is 1.85 bits per heavy atom. The number of nitrogens with one attached hydrogen (secondary N) is 1. The Labute approximate surface area is 120 Å². The van der Waals surface area contributed by atoms with E-state index in [-0.39, 0.29) is 6.10 Å². The van der Waals surface area contributed by atoms with E-state index in [1.807, 2.05) is 13.8 Å². The number of methoxy groups -OCH3 is 1. The zero-order valence-corrected chi connectivity index (χ0v) is 13.0. The number of ether oxygens (including phenoxy) is 2. The Hall–Kier alpha value is -1.63. The highest BCUT2D eigenvalue weighted by molar-refractivity contribution is 5.38. The molecule has 114 valence electrons. The average molecular weight is 283 g/mol. The minimum atomic E-state index is -0.110. The fourth-order valence-electron chi connectivity index (χ4n) is 1.73. The van der Waals surface area contributed by atoms with Gasteiger partial charge in [0.1, 0.15) is 6.10 Å². The van der Waals surface area contributed by atoms with Gasteiger partial charge in [0.2, 0.25) is 11.9 Å². The van der Waals surface area contributed by atoms with Crippen molar-refractivity contribution in [3.8, 4) is 6.01 Å². The van der Waals surface area contributed by atoms with Gasteiger partial charge in [-0.05, 0) is 27.7 Å². The largest absolute Gasteiger partial charge is 0.458 e. The summed E-state index contributed by atoms with van der Waals surface area (Å²) in [6.45, 7) is 10.9. The molecule has 0 aromatic carbocycles. The minimum Gasteiger partial charge on any atom is -0.458 e. The highest BCUT2D eigenvalue weighted by atomic mass is 16.5. The van der Waals surface area contributed by atoms with Crippen LogP contribution in [0.25, 0.3) is 0 Å². The van der Waals surface area contributed by atoms with E-state index in [0.29, 0.717) is 24.5 Å². The maximum Gasteiger partial charge on any atom is 0.323 e. The molecule has 0 radical (unpaired) electrons. The Morgan fingerprint density at radius 3 is 2.40 bits per heavy atom. The van der Waals surface area contributed by atoms with Crippen LogP contribution in [-0.2, 0) is 4.74 Å². The SMILES string of the molecule is CCNc1nc(OC(C)COC)nc(N(CC)CC)n1. The van der Waals surface area contributed by atoms with Crippen molar-refractivity contribution in [1.82, 2.24) is 15.0 Å². The molecule has 7 nitrogen and oxygen atoms in total. The van der Waals surface area contributed by atoms with E-state index >= 15 is 0 Å². The first-order valence-corrected chi connectivity index (χ1v) is 7.04. The summed E-state index contributed by atoms with van der Waals surface area (Å²) in [7, 11) is 1.64. The Kier molecular flexibility index (Phi) is 7.00. The molecule has 0 spiro atoms. The predicted molar refractivity (Wildman–Crippen MR) is 79.5 cm³/mol. The summed E-state index contributed by atoms with van der Waals surface area (Å²) < 4.78 is 10.7. The van der Waals surface area contributed by atoms with Crippen molar-refractivity contribution in [3.63, 3.8) is 0 Å². The Balaban J connectivity index is 2.97. The molecule has 20 heavy (non-hydrogen) atoms. The highest BCUT2D eigenvalue weighted by Crippen LogP contribution is 2.15. The van der Waals surface area contributed by atoms with Gasteiger partial charge in [-0.3, -0.25) is 0 Å². The van der Waals surface area contributed by atoms with Gasteiger partial charge in [0, 0.05) is 26.7 Å². The second-order valence-electron chi connectivity index (χ2n) is 4.33. The second kappa shape index (κ2) is 8.52. The maximum absolute atomic E-state index is 5.67. The van der Waals surface area contributed by atoms with Gasteiger partial charge in [-0.15, -0.1) is 0 Å². The van der Waals surface area contributed by atoms with Gasteiger partial charge in [0.05, 0.1) is 6.61 Å². The molecule has 0 bridgehead atoms. The minimum absolute atomic E-state index is 0.110. The first-order chi connectivity index (χ1) is 9.64. The molecule has 0 fully saturated rings. The van der Waals surface area contributed by atoms with Gasteiger partial charge in [0.15, 0.2) is 0 Å². The zero-order valence-electron chi connectivity index (χ0n) is 13.0. The van der Waals surface area contributed by atoms with E-state index in [1.165, 1.54) is 0 Å². The van der Waals surface area contributed by atoms with Crippen LogP contribution in [0.3, 0.4) is 0 Å². The topological polar surface area (TPSA) is 72.4 Å². The van der Waals surface area contributed by atoms with Gasteiger partial charge < -0.3 is 19.7 Å². The lowest BCUT2D eigenvalue weighted by Gasteiger charge is -2.20. The van der Waals surface area contributed by atoms with Crippen LogP contribution in [0, 0.1) is 0 Å². The predicted octanol–water partition coefficient (Wildman–Crippen LogP) is 1.56. The molecule has 0 saturated heterocycles. The standard InChI is InChI=1S/C13H25N5O2/c1-6-14-11-15-12(18(7-2)8-3)17-13(16-11)20-10(4)9-19-5/h10H,6-9H2,1-5H3,(H,14,15,16,17). The maximum atomic E-state index is 5.67. The van der Waals surface area contributed by atoms with E-state index in [0.717, 1.165) is 19.6 Å². The van der Waals surface area contributed by atoms with Crippen LogP contribution in [0.1, 0.15) is 27.7 Å². The second-order valence-corrected chi connectivity index (χ2v) is 4.33. The zero-order chi connectivity index (χ0) is 15.0. The van der Waals surface area contributed by atoms with Gasteiger partial charge >= 0.3 is 6.01 Å². The molecular formula is C13H25N5O2. The summed E-state index contributed by atoms with van der Waals surface area (Å²) in [5, 5.41) is 3.10. The average Bonchev–Trinajstić information content (AvgIpc) is 2.40. The van der Waals surface area contributed by atoms with Gasteiger partial charge in [-0.1, -0.05) is 0 Å². The van der Waals surface area contributed by atoms with E-state index in [4.69, 9.17) is 9.47 Å². The van der Waals surface area contributed by atoms with E-state index < -0.39 is 0 Å². The smallest absolute Gasteiger partial charge is 0.323 e. The van der Waals surface area contributed by atoms with Crippen molar-refractivity contribution in [1.29, 1.82) is 0 Å². The van der Waals surface area contributed by atoms with Crippen molar-refractivity contribution in [2.24, 2.45) is 0 Å². The number of hydrogen-bond donors (Lipinski definition) is 1. The summed E-state index contributed by atoms with van der Waals surface area (Å²) in [5.41, 5.74) is 0. The molecular weight excluding hydrogens is 258 g/mol. The number of aromatic nitrogens is 3. The van der Waals surface area contributed by atoms with E-state index in [9.17, 15) is 0 Å². The Morgan fingerprint density at radius 1 is 1.15 bits per heavy atom. The fourth-order valence-corrected chi connectivity index (χ4v) is 1.73. The first-order valence-electron chi connectivity index (χ1n) is 7.04. The van der Waals surface area contributed by atoms with Crippen molar-refractivity contribution in [2.45, 2.75) is 33.8 Å². The molecule has 1 aromatic heterocycles. The molecule has 0 amide bonds. The van der Waals surface area contributed by atoms with Crippen molar-refractivity contribution in [3.05, 3.63) is 0 Å². The van der Waals surface area contributed by atoms with Crippen molar-refractivity contribution >= 4 is 11.9 Å². The summed E-state index contributed by atoms with van der Waals surface area (Å²) in [6, 6.07) is 0.322. The van der Waals surface area contributed by atoms with Crippen LogP contribution in [-0.4, -0.2) is 54.4 Å². The fraction of sp³-hybridized carbons (Fsp3) is 0.769. The normalized spacial score (nSPS) is 12.1. The molecule has 0 aliphatic rings. The third-order valence-corrected chi connectivity index (χ3v) is 2.69. The summed E-state index contributed by atoms with van der Waals surface area (Å²) in [5.74, 6) is 1.16. The van der Waals surface area contributed by atoms with Crippen LogP contribution >= 0.6 is 0 Å². The monoisotopic (exact) mass is 283 g/mol. The number of anilines is 2. The van der Waals surface area contributed by atoms with Crippen LogP contribution in [0.5, 0.6) is 6.01 Å².